The number of ether oxygens (including phenoxy) is 2. The molecular weight excluding hydrogens is 344 g/mol. The summed E-state index contributed by atoms with van der Waals surface area (Å²) < 4.78 is 10.0. The summed E-state index contributed by atoms with van der Waals surface area (Å²) in [5.41, 5.74) is 0.0919. The molecule has 2 atom stereocenters. The van der Waals surface area contributed by atoms with Crippen molar-refractivity contribution in [2.45, 2.75) is 25.7 Å². The van der Waals surface area contributed by atoms with Gasteiger partial charge in [-0.2, -0.15) is 0 Å². The molecule has 27 heavy (non-hydrogen) atoms. The van der Waals surface area contributed by atoms with E-state index < -0.39 is 23.3 Å². The van der Waals surface area contributed by atoms with Gasteiger partial charge in [0.15, 0.2) is 11.2 Å². The molecule has 5 nitrogen and oxygen atoms in total. The van der Waals surface area contributed by atoms with E-state index >= 15 is 0 Å². The molecule has 1 saturated carbocycles. The fourth-order valence-electron chi connectivity index (χ4n) is 4.25. The van der Waals surface area contributed by atoms with E-state index in [9.17, 15) is 14.4 Å². The van der Waals surface area contributed by atoms with Gasteiger partial charge in [-0.1, -0.05) is 35.6 Å². The summed E-state index contributed by atoms with van der Waals surface area (Å²) in [6.07, 6.45) is 3.41. The number of carbonyl (C=O) groups excluding carboxylic acids is 3. The fourth-order valence-corrected chi connectivity index (χ4v) is 4.25. The standard InChI is InChI=1S/C22H22O5/c1-26-20(24)22(21(25)27-2,12-6-9-15-7-4-3-5-8-15)19-11-10-16-13-17(23)14-18(16)19/h3-5,7-8,14,16,19H,10-13H2,1-2H3. The lowest BCUT2D eigenvalue weighted by molar-refractivity contribution is -0.172. The van der Waals surface area contributed by atoms with Crippen LogP contribution in [0.2, 0.25) is 0 Å². The molecule has 0 spiro atoms. The highest BCUT2D eigenvalue weighted by atomic mass is 16.5. The summed E-state index contributed by atoms with van der Waals surface area (Å²) in [5.74, 6) is 4.35. The Morgan fingerprint density at radius 3 is 2.41 bits per heavy atom. The topological polar surface area (TPSA) is 69.7 Å². The van der Waals surface area contributed by atoms with E-state index in [2.05, 4.69) is 11.8 Å². The zero-order valence-corrected chi connectivity index (χ0v) is 15.5. The summed E-state index contributed by atoms with van der Waals surface area (Å²) in [5, 5.41) is 0. The molecule has 0 amide bonds. The normalized spacial score (nSPS) is 21.0. The summed E-state index contributed by atoms with van der Waals surface area (Å²) in [7, 11) is 2.51. The zero-order chi connectivity index (χ0) is 19.4. The first kappa shape index (κ1) is 18.9. The van der Waals surface area contributed by atoms with Crippen LogP contribution in [0.1, 0.15) is 31.2 Å². The number of hydrogen-bond acceptors (Lipinski definition) is 5. The predicted molar refractivity (Wildman–Crippen MR) is 98.3 cm³/mol. The molecule has 0 aliphatic heterocycles. The largest absolute Gasteiger partial charge is 0.468 e. The monoisotopic (exact) mass is 366 g/mol. The first-order chi connectivity index (χ1) is 13.0. The molecule has 0 saturated heterocycles. The zero-order valence-electron chi connectivity index (χ0n) is 15.5. The van der Waals surface area contributed by atoms with Crippen LogP contribution in [-0.4, -0.2) is 31.9 Å². The molecule has 0 aromatic heterocycles. The van der Waals surface area contributed by atoms with Crippen molar-refractivity contribution in [1.29, 1.82) is 0 Å². The quantitative estimate of drug-likeness (QED) is 0.466. The van der Waals surface area contributed by atoms with Crippen LogP contribution >= 0.6 is 0 Å². The SMILES string of the molecule is COC(=O)C(CC#Cc1ccccc1)(C(=O)OC)C1CCC2CC(=O)C=C21. The summed E-state index contributed by atoms with van der Waals surface area (Å²) >= 11 is 0. The molecule has 2 aliphatic rings. The van der Waals surface area contributed by atoms with Crippen molar-refractivity contribution in [2.75, 3.05) is 14.2 Å². The Kier molecular flexibility index (Phi) is 5.46. The van der Waals surface area contributed by atoms with Gasteiger partial charge in [0, 0.05) is 24.3 Å². The van der Waals surface area contributed by atoms with E-state index in [0.29, 0.717) is 12.8 Å². The number of benzene rings is 1. The Hall–Kier alpha value is -2.87. The van der Waals surface area contributed by atoms with Crippen LogP contribution in [0.4, 0.5) is 0 Å². The molecule has 5 heteroatoms. The molecule has 0 heterocycles. The van der Waals surface area contributed by atoms with Crippen LogP contribution in [0.3, 0.4) is 0 Å². The highest BCUT2D eigenvalue weighted by Gasteiger charge is 2.58. The van der Waals surface area contributed by atoms with Crippen LogP contribution in [-0.2, 0) is 23.9 Å². The number of allylic oxidation sites excluding steroid dienone is 2. The average molecular weight is 366 g/mol. The number of fused-ring (bicyclic) bond motifs is 1. The number of methoxy groups -OCH3 is 2. The van der Waals surface area contributed by atoms with Crippen molar-refractivity contribution in [3.63, 3.8) is 0 Å². The first-order valence-corrected chi connectivity index (χ1v) is 8.98. The molecule has 140 valence electrons. The first-order valence-electron chi connectivity index (χ1n) is 8.98. The Morgan fingerprint density at radius 1 is 1.11 bits per heavy atom. The van der Waals surface area contributed by atoms with Crippen LogP contribution in [0.5, 0.6) is 0 Å². The smallest absolute Gasteiger partial charge is 0.324 e. The maximum Gasteiger partial charge on any atom is 0.324 e. The van der Waals surface area contributed by atoms with Crippen molar-refractivity contribution in [3.05, 3.63) is 47.5 Å². The molecule has 0 N–H and O–H groups in total. The maximum atomic E-state index is 12.8. The van der Waals surface area contributed by atoms with Gasteiger partial charge in [-0.25, -0.2) is 0 Å². The Morgan fingerprint density at radius 2 is 1.78 bits per heavy atom. The van der Waals surface area contributed by atoms with Gasteiger partial charge < -0.3 is 9.47 Å². The summed E-state index contributed by atoms with van der Waals surface area (Å²) in [6.45, 7) is 0. The third-order valence-electron chi connectivity index (χ3n) is 5.52. The summed E-state index contributed by atoms with van der Waals surface area (Å²) in [6, 6.07) is 9.34. The third kappa shape index (κ3) is 3.40. The average Bonchev–Trinajstić information content (AvgIpc) is 3.24. The second-order valence-corrected chi connectivity index (χ2v) is 6.94. The lowest BCUT2D eigenvalue weighted by atomic mass is 9.70. The molecule has 0 radical (unpaired) electrons. The van der Waals surface area contributed by atoms with Gasteiger partial charge in [-0.3, -0.25) is 14.4 Å². The highest BCUT2D eigenvalue weighted by molar-refractivity contribution is 6.02. The van der Waals surface area contributed by atoms with Gasteiger partial charge in [0.2, 0.25) is 0 Å². The maximum absolute atomic E-state index is 12.8. The van der Waals surface area contributed by atoms with Crippen molar-refractivity contribution in [1.82, 2.24) is 0 Å². The van der Waals surface area contributed by atoms with E-state index in [4.69, 9.17) is 9.47 Å². The molecule has 2 aliphatic carbocycles. The van der Waals surface area contributed by atoms with Crippen molar-refractivity contribution >= 4 is 17.7 Å². The number of hydrogen-bond donors (Lipinski definition) is 0. The van der Waals surface area contributed by atoms with Gasteiger partial charge in [0.05, 0.1) is 14.2 Å². The van der Waals surface area contributed by atoms with E-state index in [1.807, 2.05) is 30.3 Å². The highest BCUT2D eigenvalue weighted by Crippen LogP contribution is 2.52. The molecule has 1 aromatic carbocycles. The molecule has 1 aromatic rings. The number of rotatable bonds is 4. The number of ketones is 1. The van der Waals surface area contributed by atoms with Crippen molar-refractivity contribution in [2.24, 2.45) is 17.3 Å². The molecule has 2 unspecified atom stereocenters. The van der Waals surface area contributed by atoms with Gasteiger partial charge in [-0.05, 0) is 37.0 Å². The molecule has 1 fully saturated rings. The minimum atomic E-state index is -1.56. The van der Waals surface area contributed by atoms with Gasteiger partial charge >= 0.3 is 11.9 Å². The second-order valence-electron chi connectivity index (χ2n) is 6.94. The Labute approximate surface area is 158 Å². The Balaban J connectivity index is 2.02. The predicted octanol–water partition coefficient (Wildman–Crippen LogP) is 2.69. The lowest BCUT2D eigenvalue weighted by Crippen LogP contribution is -2.47. The van der Waals surface area contributed by atoms with Crippen LogP contribution < -0.4 is 0 Å². The van der Waals surface area contributed by atoms with Crippen LogP contribution in [0.15, 0.2) is 42.0 Å². The number of esters is 2. The van der Waals surface area contributed by atoms with Crippen LogP contribution in [0, 0.1) is 29.1 Å². The number of carbonyl (C=O) groups is 3. The van der Waals surface area contributed by atoms with E-state index in [-0.39, 0.29) is 18.1 Å². The Bertz CT molecular complexity index is 824. The van der Waals surface area contributed by atoms with E-state index in [0.717, 1.165) is 17.6 Å². The fraction of sp³-hybridized carbons (Fsp3) is 0.409. The molecular formula is C22H22O5. The van der Waals surface area contributed by atoms with Gasteiger partial charge in [0.1, 0.15) is 0 Å². The van der Waals surface area contributed by atoms with Crippen molar-refractivity contribution < 1.29 is 23.9 Å². The van der Waals surface area contributed by atoms with E-state index in [1.54, 1.807) is 6.08 Å². The van der Waals surface area contributed by atoms with Crippen LogP contribution in [0.25, 0.3) is 0 Å². The second kappa shape index (κ2) is 7.79. The molecule has 0 bridgehead atoms. The summed E-state index contributed by atoms with van der Waals surface area (Å²) in [4.78, 5) is 37.5. The van der Waals surface area contributed by atoms with Gasteiger partial charge in [0.25, 0.3) is 0 Å². The minimum Gasteiger partial charge on any atom is -0.468 e. The van der Waals surface area contributed by atoms with Crippen molar-refractivity contribution in [3.8, 4) is 11.8 Å². The van der Waals surface area contributed by atoms with E-state index in [1.165, 1.54) is 14.2 Å². The van der Waals surface area contributed by atoms with Gasteiger partial charge in [-0.15, -0.1) is 0 Å². The minimum absolute atomic E-state index is 0.0237. The lowest BCUT2D eigenvalue weighted by Gasteiger charge is -2.33. The third-order valence-corrected chi connectivity index (χ3v) is 5.52. The molecule has 3 rings (SSSR count).